The molecule has 100 valence electrons. The molecule has 0 amide bonds. The molecule has 0 N–H and O–H groups in total. The van der Waals surface area contributed by atoms with Crippen LogP contribution in [0.25, 0.3) is 0 Å². The van der Waals surface area contributed by atoms with E-state index in [1.165, 1.54) is 0 Å². The quantitative estimate of drug-likeness (QED) is 0.522. The molecule has 2 nitrogen and oxygen atoms in total. The zero-order valence-electron chi connectivity index (χ0n) is 10.6. The van der Waals surface area contributed by atoms with Gasteiger partial charge in [-0.2, -0.15) is 11.8 Å². The largest absolute Gasteiger partial charge is 0.235 e. The summed E-state index contributed by atoms with van der Waals surface area (Å²) in [5.74, 6) is 1.99. The molecule has 0 bridgehead atoms. The van der Waals surface area contributed by atoms with E-state index in [-0.39, 0.29) is 0 Å². The lowest BCUT2D eigenvalue weighted by atomic mass is 10.3. The molecular weight excluding hydrogens is 399 g/mol. The van der Waals surface area contributed by atoms with Crippen LogP contribution in [0, 0.1) is 3.57 Å². The smallest absolute Gasteiger partial charge is 0.146 e. The van der Waals surface area contributed by atoms with E-state index in [0.29, 0.717) is 20.9 Å². The summed E-state index contributed by atoms with van der Waals surface area (Å²) in [4.78, 5) is 9.17. The fourth-order valence-electron chi connectivity index (χ4n) is 1.78. The predicted octanol–water partition coefficient (Wildman–Crippen LogP) is 4.60. The van der Waals surface area contributed by atoms with Crippen LogP contribution in [0.3, 0.4) is 0 Å². The van der Waals surface area contributed by atoms with Crippen molar-refractivity contribution in [3.05, 3.63) is 20.2 Å². The third-order valence-corrected chi connectivity index (χ3v) is 8.18. The van der Waals surface area contributed by atoms with Crippen molar-refractivity contribution < 1.29 is 0 Å². The van der Waals surface area contributed by atoms with Crippen LogP contribution in [0.5, 0.6) is 0 Å². The van der Waals surface area contributed by atoms with Crippen LogP contribution in [0.2, 0.25) is 5.15 Å². The number of nitrogens with zero attached hydrogens (tertiary/aromatic N) is 2. The minimum Gasteiger partial charge on any atom is -0.235 e. The first-order valence-electron chi connectivity index (χ1n) is 6.01. The third kappa shape index (κ3) is 3.27. The molecule has 1 aliphatic heterocycles. The minimum absolute atomic E-state index is 0.376. The highest BCUT2D eigenvalue weighted by Gasteiger charge is 2.29. The van der Waals surface area contributed by atoms with Gasteiger partial charge in [-0.3, -0.25) is 0 Å². The summed E-state index contributed by atoms with van der Waals surface area (Å²) < 4.78 is 0.996. The molecule has 0 radical (unpaired) electrons. The van der Waals surface area contributed by atoms with Crippen molar-refractivity contribution in [3.8, 4) is 0 Å². The highest BCUT2D eigenvalue weighted by atomic mass is 127. The van der Waals surface area contributed by atoms with Crippen LogP contribution < -0.4 is 0 Å². The topological polar surface area (TPSA) is 25.8 Å². The van der Waals surface area contributed by atoms with Crippen molar-refractivity contribution in [2.45, 2.75) is 42.9 Å². The Labute approximate surface area is 136 Å². The summed E-state index contributed by atoms with van der Waals surface area (Å²) in [5, 5.41) is 2.33. The Kier molecular flexibility index (Phi) is 5.49. The zero-order chi connectivity index (χ0) is 13.3. The van der Waals surface area contributed by atoms with Crippen LogP contribution in [-0.4, -0.2) is 26.2 Å². The lowest BCUT2D eigenvalue weighted by molar-refractivity contribution is 0.837. The fraction of sp³-hybridized carbons (Fsp3) is 0.667. The van der Waals surface area contributed by atoms with Crippen molar-refractivity contribution in [1.29, 1.82) is 0 Å². The standard InChI is InChI=1S/C12H16ClIN2S2/c1-4-8-10(14)11(13)16-12(15-8)9-5-17-6(2)7(3)18-9/h6-7,9H,4-5H2,1-3H3. The Hall–Kier alpha value is 0.800. The fourth-order valence-corrected chi connectivity index (χ4v) is 5.44. The Balaban J connectivity index is 2.26. The van der Waals surface area contributed by atoms with Gasteiger partial charge in [0.2, 0.25) is 0 Å². The molecule has 0 spiro atoms. The van der Waals surface area contributed by atoms with Gasteiger partial charge >= 0.3 is 0 Å². The first-order chi connectivity index (χ1) is 8.52. The lowest BCUT2D eigenvalue weighted by Gasteiger charge is -2.30. The van der Waals surface area contributed by atoms with Crippen molar-refractivity contribution in [3.63, 3.8) is 0 Å². The van der Waals surface area contributed by atoms with Gasteiger partial charge in [0.05, 0.1) is 14.5 Å². The molecule has 2 rings (SSSR count). The van der Waals surface area contributed by atoms with Gasteiger partial charge in [0.25, 0.3) is 0 Å². The van der Waals surface area contributed by atoms with Crippen LogP contribution in [0.15, 0.2) is 0 Å². The van der Waals surface area contributed by atoms with Gasteiger partial charge in [-0.05, 0) is 29.0 Å². The van der Waals surface area contributed by atoms with Crippen molar-refractivity contribution in [2.24, 2.45) is 0 Å². The van der Waals surface area contributed by atoms with Crippen LogP contribution in [-0.2, 0) is 6.42 Å². The normalized spacial score (nSPS) is 28.4. The number of aryl methyl sites for hydroxylation is 1. The second-order valence-electron chi connectivity index (χ2n) is 4.36. The predicted molar refractivity (Wildman–Crippen MR) is 90.9 cm³/mol. The first-order valence-corrected chi connectivity index (χ1v) is 9.46. The summed E-state index contributed by atoms with van der Waals surface area (Å²) in [5.41, 5.74) is 1.07. The average molecular weight is 415 g/mol. The molecule has 0 saturated carbocycles. The Morgan fingerprint density at radius 3 is 2.67 bits per heavy atom. The summed E-state index contributed by atoms with van der Waals surface area (Å²) >= 11 is 12.4. The monoisotopic (exact) mass is 414 g/mol. The van der Waals surface area contributed by atoms with Crippen molar-refractivity contribution in [2.75, 3.05) is 5.75 Å². The number of aromatic nitrogens is 2. The molecule has 18 heavy (non-hydrogen) atoms. The molecule has 1 aromatic heterocycles. The maximum absolute atomic E-state index is 6.21. The van der Waals surface area contributed by atoms with E-state index in [1.54, 1.807) is 0 Å². The first kappa shape index (κ1) is 15.2. The number of hydrogen-bond acceptors (Lipinski definition) is 4. The third-order valence-electron chi connectivity index (χ3n) is 3.07. The van der Waals surface area contributed by atoms with E-state index in [4.69, 9.17) is 16.6 Å². The van der Waals surface area contributed by atoms with E-state index < -0.39 is 0 Å². The Morgan fingerprint density at radius 1 is 1.33 bits per heavy atom. The molecule has 6 heteroatoms. The molecular formula is C12H16ClIN2S2. The van der Waals surface area contributed by atoms with Crippen LogP contribution in [0.1, 0.15) is 37.5 Å². The Bertz CT molecular complexity index is 444. The maximum atomic E-state index is 6.21. The lowest BCUT2D eigenvalue weighted by Crippen LogP contribution is -2.23. The summed E-state index contributed by atoms with van der Waals surface area (Å²) in [7, 11) is 0. The van der Waals surface area contributed by atoms with Gasteiger partial charge in [0, 0.05) is 16.3 Å². The molecule has 3 atom stereocenters. The number of thioether (sulfide) groups is 2. The van der Waals surface area contributed by atoms with E-state index in [1.807, 2.05) is 23.5 Å². The molecule has 1 aromatic rings. The van der Waals surface area contributed by atoms with Crippen molar-refractivity contribution >= 4 is 57.7 Å². The summed E-state index contributed by atoms with van der Waals surface area (Å²) in [6, 6.07) is 0. The Morgan fingerprint density at radius 2 is 2.06 bits per heavy atom. The molecule has 1 aliphatic rings. The number of rotatable bonds is 2. The van der Waals surface area contributed by atoms with Crippen molar-refractivity contribution in [1.82, 2.24) is 9.97 Å². The second-order valence-corrected chi connectivity index (χ2v) is 8.79. The van der Waals surface area contributed by atoms with Gasteiger partial charge < -0.3 is 0 Å². The summed E-state index contributed by atoms with van der Waals surface area (Å²) in [6.45, 7) is 6.68. The highest BCUT2D eigenvalue weighted by molar-refractivity contribution is 14.1. The summed E-state index contributed by atoms with van der Waals surface area (Å²) in [6.07, 6.45) is 0.907. The van der Waals surface area contributed by atoms with E-state index >= 15 is 0 Å². The van der Waals surface area contributed by atoms with Crippen LogP contribution in [0.4, 0.5) is 0 Å². The van der Waals surface area contributed by atoms with Gasteiger partial charge in [-0.25, -0.2) is 9.97 Å². The molecule has 0 aromatic carbocycles. The molecule has 1 saturated heterocycles. The van der Waals surface area contributed by atoms with E-state index in [2.05, 4.69) is 48.3 Å². The van der Waals surface area contributed by atoms with Gasteiger partial charge in [-0.1, -0.05) is 32.4 Å². The number of halogens is 2. The van der Waals surface area contributed by atoms with Gasteiger partial charge in [0.15, 0.2) is 0 Å². The highest BCUT2D eigenvalue weighted by Crippen LogP contribution is 2.43. The molecule has 1 fully saturated rings. The second kappa shape index (κ2) is 6.50. The molecule has 0 aliphatic carbocycles. The zero-order valence-corrected chi connectivity index (χ0v) is 15.2. The van der Waals surface area contributed by atoms with Gasteiger partial charge in [-0.15, -0.1) is 11.8 Å². The number of hydrogen-bond donors (Lipinski definition) is 0. The SMILES string of the molecule is CCc1nc(C2CSC(C)C(C)S2)nc(Cl)c1I. The molecule has 2 heterocycles. The van der Waals surface area contributed by atoms with Gasteiger partial charge in [0.1, 0.15) is 11.0 Å². The maximum Gasteiger partial charge on any atom is 0.146 e. The minimum atomic E-state index is 0.376. The van der Waals surface area contributed by atoms with Crippen LogP contribution >= 0.6 is 57.7 Å². The van der Waals surface area contributed by atoms with E-state index in [9.17, 15) is 0 Å². The van der Waals surface area contributed by atoms with E-state index in [0.717, 1.165) is 27.3 Å². The molecule has 3 unspecified atom stereocenters. The average Bonchev–Trinajstić information content (AvgIpc) is 2.36.